The van der Waals surface area contributed by atoms with Crippen molar-refractivity contribution in [3.63, 3.8) is 0 Å². The maximum absolute atomic E-state index is 12.5. The lowest BCUT2D eigenvalue weighted by Gasteiger charge is -2.35. The van der Waals surface area contributed by atoms with Crippen LogP contribution in [0, 0.1) is 0 Å². The fourth-order valence-electron chi connectivity index (χ4n) is 2.64. The summed E-state index contributed by atoms with van der Waals surface area (Å²) in [6.07, 6.45) is 3.06. The molecule has 122 valence electrons. The molecule has 1 amide bonds. The van der Waals surface area contributed by atoms with Crippen LogP contribution in [0.15, 0.2) is 33.6 Å². The number of likely N-dealkylation sites (tertiary alicyclic amines) is 1. The van der Waals surface area contributed by atoms with E-state index in [0.29, 0.717) is 6.54 Å². The zero-order valence-corrected chi connectivity index (χ0v) is 15.2. The van der Waals surface area contributed by atoms with Crippen molar-refractivity contribution in [1.29, 1.82) is 0 Å². The third kappa shape index (κ3) is 4.08. The second-order valence-corrected chi connectivity index (χ2v) is 8.30. The van der Waals surface area contributed by atoms with Crippen LogP contribution in [0.3, 0.4) is 0 Å². The second-order valence-electron chi connectivity index (χ2n) is 5.67. The first-order chi connectivity index (χ1) is 10.3. The van der Waals surface area contributed by atoms with Crippen molar-refractivity contribution in [3.8, 4) is 0 Å². The van der Waals surface area contributed by atoms with Gasteiger partial charge in [0.2, 0.25) is 15.9 Å². The van der Waals surface area contributed by atoms with Crippen LogP contribution in [0.25, 0.3) is 0 Å². The van der Waals surface area contributed by atoms with Crippen molar-refractivity contribution in [2.45, 2.75) is 50.1 Å². The number of carbonyl (C=O) groups excluding carboxylic acids is 1. The summed E-state index contributed by atoms with van der Waals surface area (Å²) >= 11 is 3.27. The number of nitrogens with zero attached hydrogens (tertiary/aromatic N) is 1. The lowest BCUT2D eigenvalue weighted by atomic mass is 10.0. The van der Waals surface area contributed by atoms with Gasteiger partial charge in [-0.3, -0.25) is 4.79 Å². The van der Waals surface area contributed by atoms with Gasteiger partial charge in [-0.1, -0.05) is 15.9 Å². The van der Waals surface area contributed by atoms with Crippen LogP contribution in [0.1, 0.15) is 33.1 Å². The number of benzene rings is 1. The molecule has 2 atom stereocenters. The molecule has 1 aliphatic rings. The average Bonchev–Trinajstić information content (AvgIpc) is 2.47. The smallest absolute Gasteiger partial charge is 0.241 e. The number of nitrogens with one attached hydrogen (secondary N) is 1. The maximum atomic E-state index is 12.5. The predicted molar refractivity (Wildman–Crippen MR) is 89.0 cm³/mol. The summed E-state index contributed by atoms with van der Waals surface area (Å²) in [6.45, 7) is 4.30. The Hall–Kier alpha value is -0.920. The summed E-state index contributed by atoms with van der Waals surface area (Å²) in [5, 5.41) is 0. The zero-order valence-electron chi connectivity index (χ0n) is 12.8. The molecule has 0 spiro atoms. The SMILES string of the molecule is CC(NS(=O)(=O)c1ccc(Br)cc1)C(=O)N1CCCCC1C. The molecule has 1 N–H and O–H groups in total. The quantitative estimate of drug-likeness (QED) is 0.861. The average molecular weight is 389 g/mol. The summed E-state index contributed by atoms with van der Waals surface area (Å²) in [6, 6.07) is 5.73. The van der Waals surface area contributed by atoms with Gasteiger partial charge in [-0.05, 0) is 57.4 Å². The topological polar surface area (TPSA) is 66.5 Å². The Labute approximate surface area is 140 Å². The van der Waals surface area contributed by atoms with Crippen LogP contribution in [0.5, 0.6) is 0 Å². The molecule has 7 heteroatoms. The molecular weight excluding hydrogens is 368 g/mol. The van der Waals surface area contributed by atoms with Gasteiger partial charge in [0.1, 0.15) is 0 Å². The molecule has 2 rings (SSSR count). The lowest BCUT2D eigenvalue weighted by Crippen LogP contribution is -2.51. The van der Waals surface area contributed by atoms with Crippen LogP contribution >= 0.6 is 15.9 Å². The molecule has 2 unspecified atom stereocenters. The van der Waals surface area contributed by atoms with E-state index in [-0.39, 0.29) is 16.8 Å². The summed E-state index contributed by atoms with van der Waals surface area (Å²) in [7, 11) is -3.70. The highest BCUT2D eigenvalue weighted by atomic mass is 79.9. The van der Waals surface area contributed by atoms with Crippen LogP contribution in [0.4, 0.5) is 0 Å². The number of amides is 1. The van der Waals surface area contributed by atoms with Gasteiger partial charge in [-0.2, -0.15) is 4.72 Å². The molecule has 5 nitrogen and oxygen atoms in total. The van der Waals surface area contributed by atoms with E-state index in [4.69, 9.17) is 0 Å². The molecule has 1 aromatic rings. The van der Waals surface area contributed by atoms with Gasteiger partial charge in [0.15, 0.2) is 0 Å². The molecule has 1 saturated heterocycles. The molecule has 22 heavy (non-hydrogen) atoms. The Kier molecular flexibility index (Phi) is 5.63. The van der Waals surface area contributed by atoms with Crippen molar-refractivity contribution >= 4 is 31.9 Å². The second kappa shape index (κ2) is 7.10. The van der Waals surface area contributed by atoms with E-state index in [1.165, 1.54) is 12.1 Å². The molecule has 1 heterocycles. The molecule has 0 aliphatic carbocycles. The third-order valence-electron chi connectivity index (χ3n) is 3.91. The highest BCUT2D eigenvalue weighted by Gasteiger charge is 2.29. The van der Waals surface area contributed by atoms with Crippen LogP contribution in [-0.4, -0.2) is 37.9 Å². The highest BCUT2D eigenvalue weighted by molar-refractivity contribution is 9.10. The van der Waals surface area contributed by atoms with Crippen molar-refractivity contribution in [2.24, 2.45) is 0 Å². The minimum absolute atomic E-state index is 0.155. The molecule has 1 aromatic carbocycles. The van der Waals surface area contributed by atoms with Gasteiger partial charge in [-0.25, -0.2) is 8.42 Å². The van der Waals surface area contributed by atoms with Crippen LogP contribution < -0.4 is 4.72 Å². The number of halogens is 1. The molecule has 0 aromatic heterocycles. The van der Waals surface area contributed by atoms with Crippen molar-refractivity contribution < 1.29 is 13.2 Å². The van der Waals surface area contributed by atoms with E-state index in [1.54, 1.807) is 24.0 Å². The Morgan fingerprint density at radius 1 is 1.32 bits per heavy atom. The predicted octanol–water partition coefficient (Wildman–Crippen LogP) is 2.52. The Bertz CT molecular complexity index is 631. The number of piperidine rings is 1. The fourth-order valence-corrected chi connectivity index (χ4v) is 4.10. The molecule has 0 radical (unpaired) electrons. The Morgan fingerprint density at radius 2 is 1.95 bits per heavy atom. The van der Waals surface area contributed by atoms with Gasteiger partial charge in [0.05, 0.1) is 10.9 Å². The first-order valence-electron chi connectivity index (χ1n) is 7.39. The normalized spacial score (nSPS) is 20.7. The van der Waals surface area contributed by atoms with E-state index >= 15 is 0 Å². The first kappa shape index (κ1) is 17.4. The molecule has 0 bridgehead atoms. The fraction of sp³-hybridized carbons (Fsp3) is 0.533. The molecule has 1 aliphatic heterocycles. The summed E-state index contributed by atoms with van der Waals surface area (Å²) in [4.78, 5) is 14.4. The van der Waals surface area contributed by atoms with Gasteiger partial charge in [0.25, 0.3) is 0 Å². The van der Waals surface area contributed by atoms with Gasteiger partial charge >= 0.3 is 0 Å². The largest absolute Gasteiger partial charge is 0.339 e. The van der Waals surface area contributed by atoms with Gasteiger partial charge < -0.3 is 4.90 Å². The summed E-state index contributed by atoms with van der Waals surface area (Å²) < 4.78 is 27.9. The first-order valence-corrected chi connectivity index (χ1v) is 9.67. The number of carbonyl (C=O) groups is 1. The minimum Gasteiger partial charge on any atom is -0.339 e. The third-order valence-corrected chi connectivity index (χ3v) is 6.00. The summed E-state index contributed by atoms with van der Waals surface area (Å²) in [5.41, 5.74) is 0. The van der Waals surface area contributed by atoms with Gasteiger partial charge in [0, 0.05) is 17.1 Å². The molecular formula is C15H21BrN2O3S. The highest BCUT2D eigenvalue weighted by Crippen LogP contribution is 2.18. The standard InChI is InChI=1S/C15H21BrN2O3S/c1-11-5-3-4-10-18(11)15(19)12(2)17-22(20,21)14-8-6-13(16)7-9-14/h6-9,11-12,17H,3-5,10H2,1-2H3. The zero-order chi connectivity index (χ0) is 16.3. The van der Waals surface area contributed by atoms with Crippen molar-refractivity contribution in [1.82, 2.24) is 9.62 Å². The monoisotopic (exact) mass is 388 g/mol. The number of hydrogen-bond acceptors (Lipinski definition) is 3. The Balaban J connectivity index is 2.08. The maximum Gasteiger partial charge on any atom is 0.241 e. The van der Waals surface area contributed by atoms with Crippen LogP contribution in [-0.2, 0) is 14.8 Å². The van der Waals surface area contributed by atoms with E-state index in [0.717, 1.165) is 23.7 Å². The lowest BCUT2D eigenvalue weighted by molar-refractivity contribution is -0.135. The van der Waals surface area contributed by atoms with E-state index in [2.05, 4.69) is 20.7 Å². The minimum atomic E-state index is -3.70. The Morgan fingerprint density at radius 3 is 2.55 bits per heavy atom. The summed E-state index contributed by atoms with van der Waals surface area (Å²) in [5.74, 6) is -0.159. The van der Waals surface area contributed by atoms with E-state index < -0.39 is 16.1 Å². The molecule has 0 saturated carbocycles. The van der Waals surface area contributed by atoms with Gasteiger partial charge in [-0.15, -0.1) is 0 Å². The van der Waals surface area contributed by atoms with Crippen molar-refractivity contribution in [3.05, 3.63) is 28.7 Å². The number of hydrogen-bond donors (Lipinski definition) is 1. The molecule has 1 fully saturated rings. The van der Waals surface area contributed by atoms with E-state index in [9.17, 15) is 13.2 Å². The van der Waals surface area contributed by atoms with Crippen molar-refractivity contribution in [2.75, 3.05) is 6.54 Å². The van der Waals surface area contributed by atoms with E-state index in [1.807, 2.05) is 6.92 Å². The number of rotatable bonds is 4. The van der Waals surface area contributed by atoms with Crippen LogP contribution in [0.2, 0.25) is 0 Å². The number of sulfonamides is 1.